The summed E-state index contributed by atoms with van der Waals surface area (Å²) >= 11 is 1.10. The van der Waals surface area contributed by atoms with Crippen LogP contribution in [0.25, 0.3) is 0 Å². The van der Waals surface area contributed by atoms with Crippen LogP contribution in [0, 0.1) is 17.6 Å². The van der Waals surface area contributed by atoms with Crippen molar-refractivity contribution in [3.05, 3.63) is 29.3 Å². The van der Waals surface area contributed by atoms with Gasteiger partial charge in [0.25, 0.3) is 0 Å². The number of likely N-dealkylation sites (tertiary alicyclic amines) is 1. The number of nitrogens with two attached hydrogens (primary N) is 1. The fourth-order valence-corrected chi connectivity index (χ4v) is 3.14. The molecule has 2 unspecified atom stereocenters. The molecule has 0 amide bonds. The summed E-state index contributed by atoms with van der Waals surface area (Å²) in [6.07, 6.45) is 2.54. The van der Waals surface area contributed by atoms with Crippen molar-refractivity contribution in [3.8, 4) is 0 Å². The third kappa shape index (κ3) is 2.53. The van der Waals surface area contributed by atoms with E-state index in [1.807, 2.05) is 7.05 Å². The lowest BCUT2D eigenvalue weighted by Crippen LogP contribution is -2.20. The highest BCUT2D eigenvalue weighted by molar-refractivity contribution is 7.98. The van der Waals surface area contributed by atoms with Crippen LogP contribution in [-0.2, 0) is 0 Å². The van der Waals surface area contributed by atoms with E-state index in [1.54, 1.807) is 6.26 Å². The molecule has 0 radical (unpaired) electrons. The highest BCUT2D eigenvalue weighted by Gasteiger charge is 2.30. The number of benzene rings is 1. The summed E-state index contributed by atoms with van der Waals surface area (Å²) in [5.74, 6) is -0.532. The molecule has 5 heteroatoms. The molecule has 1 aliphatic heterocycles. The maximum absolute atomic E-state index is 13.8. The molecule has 1 heterocycles. The zero-order valence-corrected chi connectivity index (χ0v) is 11.4. The minimum Gasteiger partial charge on any atom is -0.330 e. The highest BCUT2D eigenvalue weighted by atomic mass is 32.2. The van der Waals surface area contributed by atoms with E-state index in [2.05, 4.69) is 4.90 Å². The Morgan fingerprint density at radius 2 is 2.00 bits per heavy atom. The molecular formula is C13H18F2N2S. The van der Waals surface area contributed by atoms with Gasteiger partial charge in [0.1, 0.15) is 11.6 Å². The van der Waals surface area contributed by atoms with Crippen molar-refractivity contribution in [3.63, 3.8) is 0 Å². The average Bonchev–Trinajstić information content (AvgIpc) is 2.70. The van der Waals surface area contributed by atoms with E-state index in [9.17, 15) is 8.78 Å². The van der Waals surface area contributed by atoms with E-state index in [1.165, 1.54) is 12.1 Å². The maximum atomic E-state index is 13.8. The van der Waals surface area contributed by atoms with E-state index in [-0.39, 0.29) is 10.9 Å². The van der Waals surface area contributed by atoms with E-state index in [0.717, 1.165) is 24.7 Å². The Morgan fingerprint density at radius 1 is 1.39 bits per heavy atom. The predicted molar refractivity (Wildman–Crippen MR) is 70.7 cm³/mol. The number of rotatable bonds is 3. The predicted octanol–water partition coefficient (Wildman–Crippen LogP) is 2.64. The topological polar surface area (TPSA) is 29.3 Å². The van der Waals surface area contributed by atoms with Gasteiger partial charge in [0.05, 0.1) is 4.90 Å². The van der Waals surface area contributed by atoms with Crippen LogP contribution in [0.2, 0.25) is 0 Å². The molecule has 1 aromatic rings. The molecule has 0 aromatic heterocycles. The van der Waals surface area contributed by atoms with Crippen LogP contribution in [0.4, 0.5) is 8.78 Å². The minimum atomic E-state index is -0.470. The van der Waals surface area contributed by atoms with Gasteiger partial charge in [-0.3, -0.25) is 4.90 Å². The Morgan fingerprint density at radius 3 is 2.44 bits per heavy atom. The first kappa shape index (κ1) is 13.8. The first-order chi connectivity index (χ1) is 8.56. The van der Waals surface area contributed by atoms with Gasteiger partial charge in [-0.15, -0.1) is 11.8 Å². The van der Waals surface area contributed by atoms with Crippen LogP contribution >= 0.6 is 11.8 Å². The van der Waals surface area contributed by atoms with Gasteiger partial charge in [0.2, 0.25) is 0 Å². The number of thioether (sulfide) groups is 1. The molecule has 1 fully saturated rings. The maximum Gasteiger partial charge on any atom is 0.140 e. The fourth-order valence-electron chi connectivity index (χ4n) is 2.63. The van der Waals surface area contributed by atoms with E-state index in [0.29, 0.717) is 18.0 Å². The van der Waals surface area contributed by atoms with Gasteiger partial charge in [-0.05, 0) is 49.9 Å². The summed E-state index contributed by atoms with van der Waals surface area (Å²) in [6.45, 7) is 1.50. The van der Waals surface area contributed by atoms with Crippen molar-refractivity contribution in [1.29, 1.82) is 0 Å². The van der Waals surface area contributed by atoms with E-state index < -0.39 is 11.6 Å². The first-order valence-electron chi connectivity index (χ1n) is 6.00. The zero-order valence-electron chi connectivity index (χ0n) is 10.6. The average molecular weight is 272 g/mol. The Bertz CT molecular complexity index is 416. The molecule has 0 spiro atoms. The van der Waals surface area contributed by atoms with Gasteiger partial charge in [-0.1, -0.05) is 0 Å². The SMILES string of the molecule is CSc1c(F)cc(C2CC(CN)CN2C)cc1F. The first-order valence-corrected chi connectivity index (χ1v) is 7.22. The Balaban J connectivity index is 2.29. The third-order valence-corrected chi connectivity index (χ3v) is 4.38. The van der Waals surface area contributed by atoms with Crippen molar-refractivity contribution in [2.75, 3.05) is 26.4 Å². The van der Waals surface area contributed by atoms with Crippen LogP contribution in [0.1, 0.15) is 18.0 Å². The molecular weight excluding hydrogens is 254 g/mol. The van der Waals surface area contributed by atoms with Gasteiger partial charge in [0.15, 0.2) is 0 Å². The normalized spacial score (nSPS) is 24.7. The van der Waals surface area contributed by atoms with Crippen LogP contribution in [0.15, 0.2) is 17.0 Å². The number of hydrogen-bond donors (Lipinski definition) is 1. The summed E-state index contributed by atoms with van der Waals surface area (Å²) in [5, 5.41) is 0. The summed E-state index contributed by atoms with van der Waals surface area (Å²) in [4.78, 5) is 2.21. The molecule has 0 saturated carbocycles. The fraction of sp³-hybridized carbons (Fsp3) is 0.538. The molecule has 2 rings (SSSR count). The number of hydrogen-bond acceptors (Lipinski definition) is 3. The molecule has 0 bridgehead atoms. The Kier molecular flexibility index (Phi) is 4.25. The molecule has 2 N–H and O–H groups in total. The van der Waals surface area contributed by atoms with Crippen LogP contribution in [-0.4, -0.2) is 31.3 Å². The summed E-state index contributed by atoms with van der Waals surface area (Å²) in [7, 11) is 1.97. The largest absolute Gasteiger partial charge is 0.330 e. The van der Waals surface area contributed by atoms with Crippen molar-refractivity contribution < 1.29 is 8.78 Å². The lowest BCUT2D eigenvalue weighted by molar-refractivity contribution is 0.311. The second kappa shape index (κ2) is 5.55. The highest BCUT2D eigenvalue weighted by Crippen LogP contribution is 2.36. The zero-order chi connectivity index (χ0) is 13.3. The molecule has 1 aliphatic rings. The van der Waals surface area contributed by atoms with Crippen LogP contribution < -0.4 is 5.73 Å². The van der Waals surface area contributed by atoms with Crippen molar-refractivity contribution >= 4 is 11.8 Å². The lowest BCUT2D eigenvalue weighted by atomic mass is 10.00. The van der Waals surface area contributed by atoms with Crippen molar-refractivity contribution in [2.24, 2.45) is 11.7 Å². The smallest absolute Gasteiger partial charge is 0.140 e. The van der Waals surface area contributed by atoms with Crippen LogP contribution in [0.3, 0.4) is 0 Å². The second-order valence-corrected chi connectivity index (χ2v) is 5.63. The summed E-state index contributed by atoms with van der Waals surface area (Å²) in [6, 6.07) is 2.97. The molecule has 2 atom stereocenters. The summed E-state index contributed by atoms with van der Waals surface area (Å²) < 4.78 is 27.5. The van der Waals surface area contributed by atoms with Crippen molar-refractivity contribution in [1.82, 2.24) is 4.90 Å². The standard InChI is InChI=1S/C13H18F2N2S/c1-17-7-8(6-16)3-12(17)9-4-10(14)13(18-2)11(15)5-9/h4-5,8,12H,3,6-7,16H2,1-2H3. The van der Waals surface area contributed by atoms with E-state index >= 15 is 0 Å². The molecule has 100 valence electrons. The Labute approximate surface area is 111 Å². The molecule has 1 saturated heterocycles. The van der Waals surface area contributed by atoms with Crippen LogP contribution in [0.5, 0.6) is 0 Å². The Hall–Kier alpha value is -0.650. The van der Waals surface area contributed by atoms with E-state index in [4.69, 9.17) is 5.73 Å². The molecule has 18 heavy (non-hydrogen) atoms. The van der Waals surface area contributed by atoms with Gasteiger partial charge in [-0.25, -0.2) is 8.78 Å². The monoisotopic (exact) mass is 272 g/mol. The van der Waals surface area contributed by atoms with Gasteiger partial charge in [-0.2, -0.15) is 0 Å². The lowest BCUT2D eigenvalue weighted by Gasteiger charge is -2.20. The quantitative estimate of drug-likeness (QED) is 0.858. The van der Waals surface area contributed by atoms with Gasteiger partial charge in [0, 0.05) is 12.6 Å². The minimum absolute atomic E-state index is 0.0680. The molecule has 2 nitrogen and oxygen atoms in total. The van der Waals surface area contributed by atoms with Gasteiger partial charge >= 0.3 is 0 Å². The molecule has 0 aliphatic carbocycles. The number of nitrogens with zero attached hydrogens (tertiary/aromatic N) is 1. The summed E-state index contributed by atoms with van der Waals surface area (Å²) in [5.41, 5.74) is 6.37. The van der Waals surface area contributed by atoms with Crippen molar-refractivity contribution in [2.45, 2.75) is 17.4 Å². The number of halogens is 2. The van der Waals surface area contributed by atoms with Gasteiger partial charge < -0.3 is 5.73 Å². The molecule has 1 aromatic carbocycles. The second-order valence-electron chi connectivity index (χ2n) is 4.81. The third-order valence-electron chi connectivity index (χ3n) is 3.58.